The van der Waals surface area contributed by atoms with Crippen molar-refractivity contribution in [3.8, 4) is 5.75 Å². The second-order valence-corrected chi connectivity index (χ2v) is 3.93. The maximum absolute atomic E-state index is 12.5. The van der Waals surface area contributed by atoms with Gasteiger partial charge in [0.05, 0.1) is 24.2 Å². The molecule has 0 spiro atoms. The normalized spacial score (nSPS) is 18.5. The maximum Gasteiger partial charge on any atom is 0.416 e. The van der Waals surface area contributed by atoms with Crippen LogP contribution in [0.1, 0.15) is 12.0 Å². The van der Waals surface area contributed by atoms with E-state index in [1.165, 1.54) is 6.07 Å². The molecule has 1 aliphatic heterocycles. The molecule has 0 saturated carbocycles. The van der Waals surface area contributed by atoms with Crippen molar-refractivity contribution >= 4 is 11.7 Å². The summed E-state index contributed by atoms with van der Waals surface area (Å²) in [6.45, 7) is 0.167. The van der Waals surface area contributed by atoms with Gasteiger partial charge in [0.1, 0.15) is 11.9 Å². The van der Waals surface area contributed by atoms with Gasteiger partial charge in [-0.3, -0.25) is 4.79 Å². The molecular weight excluding hydrogens is 251 g/mol. The fourth-order valence-electron chi connectivity index (χ4n) is 1.70. The van der Waals surface area contributed by atoms with Crippen molar-refractivity contribution in [3.63, 3.8) is 0 Å². The quantitative estimate of drug-likeness (QED) is 0.858. The highest BCUT2D eigenvalue weighted by atomic mass is 19.4. The Morgan fingerprint density at radius 3 is 2.83 bits per heavy atom. The fraction of sp³-hybridized carbons (Fsp3) is 0.364. The van der Waals surface area contributed by atoms with E-state index in [9.17, 15) is 18.0 Å². The maximum atomic E-state index is 12.5. The third kappa shape index (κ3) is 2.66. The molecule has 0 amide bonds. The van der Waals surface area contributed by atoms with Crippen LogP contribution in [0.3, 0.4) is 0 Å². The summed E-state index contributed by atoms with van der Waals surface area (Å²) in [4.78, 5) is 10.5. The van der Waals surface area contributed by atoms with Crippen LogP contribution in [-0.4, -0.2) is 23.7 Å². The Balaban J connectivity index is 2.18. The van der Waals surface area contributed by atoms with Gasteiger partial charge in [-0.2, -0.15) is 13.2 Å². The van der Waals surface area contributed by atoms with Gasteiger partial charge in [-0.25, -0.2) is 0 Å². The molecule has 1 atom stereocenters. The third-order valence-electron chi connectivity index (χ3n) is 2.52. The first-order valence-corrected chi connectivity index (χ1v) is 5.20. The van der Waals surface area contributed by atoms with Crippen molar-refractivity contribution in [2.75, 3.05) is 11.9 Å². The Morgan fingerprint density at radius 1 is 1.50 bits per heavy atom. The van der Waals surface area contributed by atoms with E-state index < -0.39 is 23.8 Å². The number of fused-ring (bicyclic) bond motifs is 1. The number of ether oxygens (including phenoxy) is 1. The molecule has 1 unspecified atom stereocenters. The number of benzene rings is 1. The number of halogens is 3. The van der Waals surface area contributed by atoms with Gasteiger partial charge in [0.2, 0.25) is 0 Å². The van der Waals surface area contributed by atoms with Crippen LogP contribution in [0.15, 0.2) is 18.2 Å². The van der Waals surface area contributed by atoms with Crippen LogP contribution in [-0.2, 0) is 11.0 Å². The van der Waals surface area contributed by atoms with Gasteiger partial charge >= 0.3 is 12.1 Å². The van der Waals surface area contributed by atoms with Crippen molar-refractivity contribution in [1.82, 2.24) is 0 Å². The molecule has 0 fully saturated rings. The number of alkyl halides is 3. The van der Waals surface area contributed by atoms with Gasteiger partial charge < -0.3 is 15.2 Å². The molecule has 0 aliphatic carbocycles. The van der Waals surface area contributed by atoms with Gasteiger partial charge in [0.15, 0.2) is 0 Å². The number of rotatable bonds is 2. The van der Waals surface area contributed by atoms with Crippen LogP contribution < -0.4 is 10.1 Å². The molecule has 1 aromatic carbocycles. The van der Waals surface area contributed by atoms with Gasteiger partial charge in [-0.05, 0) is 18.2 Å². The zero-order chi connectivity index (χ0) is 13.3. The molecule has 0 saturated heterocycles. The first-order chi connectivity index (χ1) is 8.36. The minimum atomic E-state index is -4.41. The average Bonchev–Trinajstić information content (AvgIpc) is 2.26. The number of carboxylic acids is 1. The second-order valence-electron chi connectivity index (χ2n) is 3.93. The van der Waals surface area contributed by atoms with Gasteiger partial charge in [0, 0.05) is 0 Å². The van der Waals surface area contributed by atoms with E-state index in [0.29, 0.717) is 0 Å². The van der Waals surface area contributed by atoms with E-state index >= 15 is 0 Å². The molecule has 2 N–H and O–H groups in total. The van der Waals surface area contributed by atoms with Crippen molar-refractivity contribution in [3.05, 3.63) is 23.8 Å². The lowest BCUT2D eigenvalue weighted by Crippen LogP contribution is -2.32. The van der Waals surface area contributed by atoms with Gasteiger partial charge in [0.25, 0.3) is 0 Å². The first-order valence-electron chi connectivity index (χ1n) is 5.20. The van der Waals surface area contributed by atoms with Crippen LogP contribution in [0.5, 0.6) is 5.75 Å². The molecule has 4 nitrogen and oxygen atoms in total. The predicted molar refractivity (Wildman–Crippen MR) is 56.6 cm³/mol. The lowest BCUT2D eigenvalue weighted by molar-refractivity contribution is -0.139. The first kappa shape index (κ1) is 12.5. The number of carbonyl (C=O) groups is 1. The number of anilines is 1. The van der Waals surface area contributed by atoms with Crippen molar-refractivity contribution in [1.29, 1.82) is 0 Å². The molecule has 1 heterocycles. The monoisotopic (exact) mass is 261 g/mol. The number of hydrogen-bond donors (Lipinski definition) is 2. The summed E-state index contributed by atoms with van der Waals surface area (Å²) in [5.41, 5.74) is -0.541. The molecule has 0 aromatic heterocycles. The van der Waals surface area contributed by atoms with Crippen molar-refractivity contribution in [2.45, 2.75) is 18.7 Å². The summed E-state index contributed by atoms with van der Waals surface area (Å²) < 4.78 is 42.7. The van der Waals surface area contributed by atoms with Crippen LogP contribution in [0.2, 0.25) is 0 Å². The highest BCUT2D eigenvalue weighted by Crippen LogP contribution is 2.36. The Morgan fingerprint density at radius 2 is 2.22 bits per heavy atom. The van der Waals surface area contributed by atoms with Crippen molar-refractivity contribution < 1.29 is 27.8 Å². The molecule has 0 radical (unpaired) electrons. The smallest absolute Gasteiger partial charge is 0.416 e. The Labute approximate surface area is 100 Å². The third-order valence-corrected chi connectivity index (χ3v) is 2.52. The lowest BCUT2D eigenvalue weighted by Gasteiger charge is -2.27. The molecular formula is C11H10F3NO3. The Kier molecular flexibility index (Phi) is 3.06. The largest absolute Gasteiger partial charge is 0.486 e. The predicted octanol–water partition coefficient (Wildman–Crippen LogP) is 2.35. The molecule has 2 rings (SSSR count). The topological polar surface area (TPSA) is 58.6 Å². The van der Waals surface area contributed by atoms with Crippen molar-refractivity contribution in [2.24, 2.45) is 0 Å². The summed E-state index contributed by atoms with van der Waals surface area (Å²) in [5, 5.41) is 11.4. The van der Waals surface area contributed by atoms with Crippen LogP contribution in [0.25, 0.3) is 0 Å². The Bertz CT molecular complexity index is 473. The number of aliphatic carboxylic acids is 1. The molecule has 0 bridgehead atoms. The Hall–Kier alpha value is -1.92. The van der Waals surface area contributed by atoms with Crippen LogP contribution >= 0.6 is 0 Å². The van der Waals surface area contributed by atoms with E-state index in [0.717, 1.165) is 12.1 Å². The number of hydrogen-bond acceptors (Lipinski definition) is 3. The van der Waals surface area contributed by atoms with Crippen LogP contribution in [0.4, 0.5) is 18.9 Å². The summed E-state index contributed by atoms with van der Waals surface area (Å²) in [7, 11) is 0. The SMILES string of the molecule is O=C(O)CC1CNc2cc(C(F)(F)F)ccc2O1. The number of nitrogens with one attached hydrogen (secondary N) is 1. The minimum absolute atomic E-state index is 0.167. The fourth-order valence-corrected chi connectivity index (χ4v) is 1.70. The summed E-state index contributed by atoms with van der Waals surface area (Å²) in [6, 6.07) is 3.05. The van der Waals surface area contributed by atoms with Gasteiger partial charge in [-0.15, -0.1) is 0 Å². The molecule has 98 valence electrons. The lowest BCUT2D eigenvalue weighted by atomic mass is 10.1. The standard InChI is InChI=1S/C11H10F3NO3/c12-11(13,14)6-1-2-9-8(3-6)15-5-7(18-9)4-10(16)17/h1-3,7,15H,4-5H2,(H,16,17). The van der Waals surface area contributed by atoms with E-state index in [-0.39, 0.29) is 24.4 Å². The summed E-state index contributed by atoms with van der Waals surface area (Å²) in [5.74, 6) is -0.780. The zero-order valence-corrected chi connectivity index (χ0v) is 9.12. The van der Waals surface area contributed by atoms with Gasteiger partial charge in [-0.1, -0.05) is 0 Å². The molecule has 7 heteroatoms. The zero-order valence-electron chi connectivity index (χ0n) is 9.12. The van der Waals surface area contributed by atoms with E-state index in [1.807, 2.05) is 0 Å². The molecule has 18 heavy (non-hydrogen) atoms. The van der Waals surface area contributed by atoms with Crippen LogP contribution in [0, 0.1) is 0 Å². The highest BCUT2D eigenvalue weighted by Gasteiger charge is 2.32. The summed E-state index contributed by atoms with van der Waals surface area (Å²) >= 11 is 0. The minimum Gasteiger partial charge on any atom is -0.486 e. The average molecular weight is 261 g/mol. The molecule has 1 aromatic rings. The second kappa shape index (κ2) is 4.40. The summed E-state index contributed by atoms with van der Waals surface area (Å²) in [6.07, 6.45) is -5.19. The highest BCUT2D eigenvalue weighted by molar-refractivity contribution is 5.68. The van der Waals surface area contributed by atoms with E-state index in [4.69, 9.17) is 9.84 Å². The van der Waals surface area contributed by atoms with E-state index in [2.05, 4.69) is 5.32 Å². The number of carboxylic acid groups (broad SMARTS) is 1. The van der Waals surface area contributed by atoms with E-state index in [1.54, 1.807) is 0 Å². The molecule has 1 aliphatic rings.